The lowest BCUT2D eigenvalue weighted by atomic mass is 9.85. The van der Waals surface area contributed by atoms with E-state index < -0.39 is 0 Å². The van der Waals surface area contributed by atoms with Gasteiger partial charge in [-0.15, -0.1) is 0 Å². The first-order chi connectivity index (χ1) is 11.8. The number of aromatic amines is 1. The predicted octanol–water partition coefficient (Wildman–Crippen LogP) is 4.73. The molecular weight excluding hydrogens is 336 g/mol. The lowest BCUT2D eigenvalue weighted by Gasteiger charge is -2.21. The monoisotopic (exact) mass is 354 g/mol. The fourth-order valence-electron chi connectivity index (χ4n) is 2.80. The lowest BCUT2D eigenvalue weighted by Crippen LogP contribution is -2.17. The summed E-state index contributed by atoms with van der Waals surface area (Å²) in [6.45, 7) is 6.19. The van der Waals surface area contributed by atoms with Gasteiger partial charge in [0, 0.05) is 17.1 Å². The highest BCUT2D eigenvalue weighted by molar-refractivity contribution is 6.34. The van der Waals surface area contributed by atoms with Gasteiger partial charge in [-0.05, 0) is 35.2 Å². The zero-order valence-corrected chi connectivity index (χ0v) is 15.1. The molecule has 0 aliphatic rings. The van der Waals surface area contributed by atoms with E-state index in [1.54, 1.807) is 36.4 Å². The van der Waals surface area contributed by atoms with Crippen LogP contribution in [-0.2, 0) is 5.41 Å². The first kappa shape index (κ1) is 17.2. The Morgan fingerprint density at radius 3 is 2.48 bits per heavy atom. The topological polar surface area (TPSA) is 62.0 Å². The Bertz CT molecular complexity index is 1020. The molecule has 1 amide bonds. The fraction of sp³-hybridized carbons (Fsp3) is 0.200. The molecule has 0 atom stereocenters. The van der Waals surface area contributed by atoms with E-state index in [1.807, 2.05) is 12.1 Å². The second-order valence-corrected chi connectivity index (χ2v) is 7.40. The van der Waals surface area contributed by atoms with Gasteiger partial charge in [0.1, 0.15) is 0 Å². The quantitative estimate of drug-likeness (QED) is 0.698. The fourth-order valence-corrected chi connectivity index (χ4v) is 3.02. The third-order valence-electron chi connectivity index (χ3n) is 4.03. The van der Waals surface area contributed by atoms with Crippen molar-refractivity contribution in [2.45, 2.75) is 26.2 Å². The van der Waals surface area contributed by atoms with Gasteiger partial charge >= 0.3 is 0 Å². The number of aromatic nitrogens is 1. The normalized spacial score (nSPS) is 11.5. The molecule has 0 saturated heterocycles. The highest BCUT2D eigenvalue weighted by atomic mass is 35.5. The van der Waals surface area contributed by atoms with Crippen LogP contribution in [0.5, 0.6) is 0 Å². The van der Waals surface area contributed by atoms with Crippen molar-refractivity contribution in [3.8, 4) is 0 Å². The van der Waals surface area contributed by atoms with Crippen molar-refractivity contribution in [3.63, 3.8) is 0 Å². The van der Waals surface area contributed by atoms with Crippen LogP contribution in [0.25, 0.3) is 10.9 Å². The molecule has 0 saturated carbocycles. The van der Waals surface area contributed by atoms with Crippen LogP contribution >= 0.6 is 11.6 Å². The van der Waals surface area contributed by atoms with Crippen LogP contribution in [0.2, 0.25) is 5.02 Å². The molecule has 2 N–H and O–H groups in total. The summed E-state index contributed by atoms with van der Waals surface area (Å²) >= 11 is 6.06. The van der Waals surface area contributed by atoms with Gasteiger partial charge < -0.3 is 10.3 Å². The number of hydrogen-bond acceptors (Lipinski definition) is 2. The van der Waals surface area contributed by atoms with E-state index in [4.69, 9.17) is 11.6 Å². The molecule has 2 aromatic carbocycles. The SMILES string of the molecule is CC(C)(C)c1cc(=O)[nH]c2cc(NC(=O)c3ccccc3Cl)ccc12. The summed E-state index contributed by atoms with van der Waals surface area (Å²) in [7, 11) is 0. The lowest BCUT2D eigenvalue weighted by molar-refractivity contribution is 0.102. The van der Waals surface area contributed by atoms with Crippen molar-refractivity contribution in [3.05, 3.63) is 75.0 Å². The van der Waals surface area contributed by atoms with E-state index in [9.17, 15) is 9.59 Å². The largest absolute Gasteiger partial charge is 0.322 e. The minimum Gasteiger partial charge on any atom is -0.322 e. The maximum absolute atomic E-state index is 12.4. The number of amides is 1. The van der Waals surface area contributed by atoms with Gasteiger partial charge in [-0.1, -0.05) is 50.6 Å². The number of benzene rings is 2. The molecule has 0 bridgehead atoms. The van der Waals surface area contributed by atoms with E-state index in [2.05, 4.69) is 31.1 Å². The third kappa shape index (κ3) is 3.59. The van der Waals surface area contributed by atoms with E-state index in [0.29, 0.717) is 21.8 Å². The van der Waals surface area contributed by atoms with E-state index in [0.717, 1.165) is 10.9 Å². The summed E-state index contributed by atoms with van der Waals surface area (Å²) in [5, 5.41) is 4.18. The van der Waals surface area contributed by atoms with Crippen LogP contribution in [0.1, 0.15) is 36.7 Å². The average molecular weight is 355 g/mol. The predicted molar refractivity (Wildman–Crippen MR) is 103 cm³/mol. The number of pyridine rings is 1. The van der Waals surface area contributed by atoms with Crippen LogP contribution in [0.3, 0.4) is 0 Å². The molecule has 25 heavy (non-hydrogen) atoms. The van der Waals surface area contributed by atoms with Gasteiger partial charge in [0.2, 0.25) is 5.56 Å². The molecule has 5 heteroatoms. The maximum atomic E-state index is 12.4. The highest BCUT2D eigenvalue weighted by Gasteiger charge is 2.18. The first-order valence-electron chi connectivity index (χ1n) is 7.99. The Balaban J connectivity index is 2.01. The molecule has 0 radical (unpaired) electrons. The Labute approximate surface area is 150 Å². The Kier molecular flexibility index (Phi) is 4.39. The first-order valence-corrected chi connectivity index (χ1v) is 8.37. The molecule has 0 aliphatic heterocycles. The van der Waals surface area contributed by atoms with Crippen LogP contribution in [0, 0.1) is 0 Å². The summed E-state index contributed by atoms with van der Waals surface area (Å²) in [4.78, 5) is 27.2. The summed E-state index contributed by atoms with van der Waals surface area (Å²) < 4.78 is 0. The second-order valence-electron chi connectivity index (χ2n) is 6.99. The molecule has 4 nitrogen and oxygen atoms in total. The van der Waals surface area contributed by atoms with Crippen molar-refractivity contribution >= 4 is 34.1 Å². The molecule has 0 aliphatic carbocycles. The number of H-pyrrole nitrogens is 1. The molecule has 128 valence electrons. The summed E-state index contributed by atoms with van der Waals surface area (Å²) in [6.07, 6.45) is 0. The van der Waals surface area contributed by atoms with Crippen LogP contribution in [0.15, 0.2) is 53.3 Å². The zero-order valence-electron chi connectivity index (χ0n) is 14.3. The number of hydrogen-bond donors (Lipinski definition) is 2. The van der Waals surface area contributed by atoms with Crippen LogP contribution in [-0.4, -0.2) is 10.9 Å². The van der Waals surface area contributed by atoms with Crippen LogP contribution < -0.4 is 10.9 Å². The number of anilines is 1. The Morgan fingerprint density at radius 2 is 1.80 bits per heavy atom. The molecule has 0 fully saturated rings. The van der Waals surface area contributed by atoms with Gasteiger partial charge in [0.25, 0.3) is 5.91 Å². The molecule has 1 aromatic heterocycles. The summed E-state index contributed by atoms with van der Waals surface area (Å²) in [6, 6.07) is 14.0. The van der Waals surface area contributed by atoms with E-state index in [-0.39, 0.29) is 16.9 Å². The molecule has 0 spiro atoms. The van der Waals surface area contributed by atoms with Crippen molar-refractivity contribution in [2.75, 3.05) is 5.32 Å². The summed E-state index contributed by atoms with van der Waals surface area (Å²) in [5.41, 5.74) is 2.34. The number of halogens is 1. The molecule has 3 rings (SSSR count). The third-order valence-corrected chi connectivity index (χ3v) is 4.36. The number of fused-ring (bicyclic) bond motifs is 1. The number of rotatable bonds is 2. The number of nitrogens with one attached hydrogen (secondary N) is 2. The van der Waals surface area contributed by atoms with Gasteiger partial charge in [0.05, 0.1) is 16.1 Å². The van der Waals surface area contributed by atoms with Crippen LogP contribution in [0.4, 0.5) is 5.69 Å². The van der Waals surface area contributed by atoms with Gasteiger partial charge in [-0.3, -0.25) is 9.59 Å². The zero-order chi connectivity index (χ0) is 18.2. The Morgan fingerprint density at radius 1 is 1.08 bits per heavy atom. The number of carbonyl (C=O) groups excluding carboxylic acids is 1. The summed E-state index contributed by atoms with van der Waals surface area (Å²) in [5.74, 6) is -0.292. The van der Waals surface area contributed by atoms with Gasteiger partial charge in [0.15, 0.2) is 0 Å². The average Bonchev–Trinajstić information content (AvgIpc) is 2.53. The van der Waals surface area contributed by atoms with Crippen molar-refractivity contribution < 1.29 is 4.79 Å². The minimum atomic E-state index is -0.292. The van der Waals surface area contributed by atoms with Crippen molar-refractivity contribution in [1.29, 1.82) is 0 Å². The standard InChI is InChI=1S/C20H19ClN2O2/c1-20(2,3)15-11-18(24)23-17-10-12(8-9-13(15)17)22-19(25)14-6-4-5-7-16(14)21/h4-11H,1-3H3,(H,22,25)(H,23,24). The number of carbonyl (C=O) groups is 1. The van der Waals surface area contributed by atoms with Gasteiger partial charge in [-0.25, -0.2) is 0 Å². The second kappa shape index (κ2) is 6.37. The van der Waals surface area contributed by atoms with E-state index >= 15 is 0 Å². The molecule has 0 unspecified atom stereocenters. The maximum Gasteiger partial charge on any atom is 0.257 e. The van der Waals surface area contributed by atoms with Gasteiger partial charge in [-0.2, -0.15) is 0 Å². The molecular formula is C20H19ClN2O2. The molecule has 3 aromatic rings. The highest BCUT2D eigenvalue weighted by Crippen LogP contribution is 2.29. The minimum absolute atomic E-state index is 0.158. The molecule has 1 heterocycles. The van der Waals surface area contributed by atoms with E-state index in [1.165, 1.54) is 0 Å². The van der Waals surface area contributed by atoms with Crippen molar-refractivity contribution in [2.24, 2.45) is 0 Å². The van der Waals surface area contributed by atoms with Crippen molar-refractivity contribution in [1.82, 2.24) is 4.98 Å². The smallest absolute Gasteiger partial charge is 0.257 e. The Hall–Kier alpha value is -2.59.